The fraction of sp³-hybridized carbons (Fsp3) is 0.429. The number of carbonyl (C=O) groups excluding carboxylic acids is 2. The Labute approximate surface area is 158 Å². The molecule has 138 valence electrons. The van der Waals surface area contributed by atoms with E-state index >= 15 is 0 Å². The quantitative estimate of drug-likeness (QED) is 0.705. The Bertz CT molecular complexity index is 766. The molecule has 26 heavy (non-hydrogen) atoms. The number of methoxy groups -OCH3 is 1. The summed E-state index contributed by atoms with van der Waals surface area (Å²) < 4.78 is 5.20. The number of ether oxygens (including phenoxy) is 1. The second kappa shape index (κ2) is 8.49. The topological polar surface area (TPSA) is 46.6 Å². The van der Waals surface area contributed by atoms with E-state index in [0.29, 0.717) is 15.7 Å². The number of benzene rings is 1. The first-order valence-corrected chi connectivity index (χ1v) is 9.91. The molecule has 0 spiro atoms. The van der Waals surface area contributed by atoms with Crippen molar-refractivity contribution < 1.29 is 14.3 Å². The largest absolute Gasteiger partial charge is 0.497 e. The number of amides is 1. The summed E-state index contributed by atoms with van der Waals surface area (Å²) in [6, 6.07) is 11.7. The Morgan fingerprint density at radius 1 is 1.15 bits per heavy atom. The Balaban J connectivity index is 1.55. The van der Waals surface area contributed by atoms with Crippen LogP contribution in [0.4, 0.5) is 0 Å². The van der Waals surface area contributed by atoms with Gasteiger partial charge in [0.05, 0.1) is 16.9 Å². The number of piperidine rings is 1. The lowest BCUT2D eigenvalue weighted by atomic mass is 9.91. The zero-order valence-corrected chi connectivity index (χ0v) is 16.2. The summed E-state index contributed by atoms with van der Waals surface area (Å²) in [7, 11) is 1.68. The molecule has 0 N–H and O–H groups in total. The second-order valence-electron chi connectivity index (χ2n) is 6.87. The van der Waals surface area contributed by atoms with E-state index in [1.165, 1.54) is 30.2 Å². The van der Waals surface area contributed by atoms with E-state index in [1.54, 1.807) is 19.2 Å². The average molecular weight is 372 g/mol. The van der Waals surface area contributed by atoms with Gasteiger partial charge >= 0.3 is 0 Å². The number of likely N-dealkylation sites (tertiary alicyclic amines) is 1. The Hall–Kier alpha value is -2.14. The van der Waals surface area contributed by atoms with Crippen LogP contribution < -0.4 is 4.74 Å². The van der Waals surface area contributed by atoms with Gasteiger partial charge in [-0.15, -0.1) is 11.3 Å². The van der Waals surface area contributed by atoms with Crippen molar-refractivity contribution in [2.24, 2.45) is 5.92 Å². The van der Waals surface area contributed by atoms with E-state index in [0.717, 1.165) is 38.1 Å². The average Bonchev–Trinajstić information content (AvgIpc) is 3.17. The lowest BCUT2D eigenvalue weighted by molar-refractivity contribution is 0.0673. The molecule has 2 heterocycles. The third-order valence-electron chi connectivity index (χ3n) is 4.97. The third kappa shape index (κ3) is 4.52. The number of nitrogens with zero attached hydrogens (tertiary/aromatic N) is 1. The highest BCUT2D eigenvalue weighted by Crippen LogP contribution is 2.25. The zero-order chi connectivity index (χ0) is 18.5. The Kier molecular flexibility index (Phi) is 6.09. The van der Waals surface area contributed by atoms with E-state index in [1.807, 2.05) is 17.0 Å². The molecule has 1 saturated heterocycles. The van der Waals surface area contributed by atoms with Gasteiger partial charge in [-0.25, -0.2) is 0 Å². The predicted molar refractivity (Wildman–Crippen MR) is 104 cm³/mol. The first-order valence-electron chi connectivity index (χ1n) is 9.10. The number of hydrogen-bond donors (Lipinski definition) is 0. The van der Waals surface area contributed by atoms with E-state index in [2.05, 4.69) is 12.1 Å². The molecule has 0 bridgehead atoms. The molecule has 5 heteroatoms. The van der Waals surface area contributed by atoms with Crippen molar-refractivity contribution in [3.05, 3.63) is 51.7 Å². The van der Waals surface area contributed by atoms with Crippen LogP contribution in [0.15, 0.2) is 36.4 Å². The van der Waals surface area contributed by atoms with Crippen LogP contribution in [0, 0.1) is 5.92 Å². The minimum atomic E-state index is 0.0186. The minimum Gasteiger partial charge on any atom is -0.497 e. The highest BCUT2D eigenvalue weighted by molar-refractivity contribution is 7.15. The summed E-state index contributed by atoms with van der Waals surface area (Å²) in [5.41, 5.74) is 1.30. The molecule has 1 aliphatic rings. The predicted octanol–water partition coefficient (Wildman–Crippen LogP) is 4.44. The maximum Gasteiger partial charge on any atom is 0.263 e. The van der Waals surface area contributed by atoms with E-state index in [-0.39, 0.29) is 11.7 Å². The van der Waals surface area contributed by atoms with Crippen LogP contribution in [-0.2, 0) is 6.42 Å². The fourth-order valence-electron chi connectivity index (χ4n) is 3.45. The second-order valence-corrected chi connectivity index (χ2v) is 7.95. The highest BCUT2D eigenvalue weighted by atomic mass is 32.1. The lowest BCUT2D eigenvalue weighted by Crippen LogP contribution is -2.39. The molecule has 1 aromatic heterocycles. The van der Waals surface area contributed by atoms with Crippen molar-refractivity contribution in [1.82, 2.24) is 4.90 Å². The zero-order valence-electron chi connectivity index (χ0n) is 15.4. The highest BCUT2D eigenvalue weighted by Gasteiger charge is 2.25. The molecule has 1 atom stereocenters. The van der Waals surface area contributed by atoms with E-state index in [9.17, 15) is 9.59 Å². The number of rotatable bonds is 6. The number of hydrogen-bond acceptors (Lipinski definition) is 4. The van der Waals surface area contributed by atoms with E-state index in [4.69, 9.17) is 4.74 Å². The summed E-state index contributed by atoms with van der Waals surface area (Å²) >= 11 is 1.31. The summed E-state index contributed by atoms with van der Waals surface area (Å²) in [6.07, 6.45) is 4.32. The molecular formula is C21H25NO3S. The summed E-state index contributed by atoms with van der Waals surface area (Å²) in [5, 5.41) is 0. The molecular weight excluding hydrogens is 346 g/mol. The van der Waals surface area contributed by atoms with Gasteiger partial charge in [-0.05, 0) is 68.4 Å². The fourth-order valence-corrected chi connectivity index (χ4v) is 4.32. The van der Waals surface area contributed by atoms with Crippen molar-refractivity contribution in [2.45, 2.75) is 32.6 Å². The monoisotopic (exact) mass is 371 g/mol. The Morgan fingerprint density at radius 2 is 1.88 bits per heavy atom. The van der Waals surface area contributed by atoms with Crippen LogP contribution in [0.25, 0.3) is 0 Å². The molecule has 1 aromatic carbocycles. The van der Waals surface area contributed by atoms with Gasteiger partial charge in [-0.1, -0.05) is 12.1 Å². The van der Waals surface area contributed by atoms with Crippen LogP contribution in [0.5, 0.6) is 5.75 Å². The lowest BCUT2D eigenvalue weighted by Gasteiger charge is -2.32. The first kappa shape index (κ1) is 18.6. The van der Waals surface area contributed by atoms with Crippen molar-refractivity contribution in [3.8, 4) is 5.75 Å². The Morgan fingerprint density at radius 3 is 2.54 bits per heavy atom. The summed E-state index contributed by atoms with van der Waals surface area (Å²) in [6.45, 7) is 3.16. The van der Waals surface area contributed by atoms with Gasteiger partial charge in [0.1, 0.15) is 5.75 Å². The standard InChI is InChI=1S/C21H25NO3S/c1-15(23)19-11-12-20(26-19)21(24)22-13-3-4-17(14-22)6-5-16-7-9-18(25-2)10-8-16/h7-12,17H,3-6,13-14H2,1-2H3/t17-/m1/s1. The molecule has 3 rings (SSSR count). The number of ketones is 1. The molecule has 1 fully saturated rings. The van der Waals surface area contributed by atoms with Gasteiger partial charge in [0, 0.05) is 13.1 Å². The molecule has 0 aliphatic carbocycles. The maximum atomic E-state index is 12.7. The first-order chi connectivity index (χ1) is 12.6. The van der Waals surface area contributed by atoms with Crippen molar-refractivity contribution in [2.75, 3.05) is 20.2 Å². The molecule has 1 amide bonds. The van der Waals surface area contributed by atoms with Crippen LogP contribution >= 0.6 is 11.3 Å². The van der Waals surface area contributed by atoms with Crippen molar-refractivity contribution >= 4 is 23.0 Å². The number of carbonyl (C=O) groups is 2. The van der Waals surface area contributed by atoms with Gasteiger partial charge in [0.25, 0.3) is 5.91 Å². The molecule has 2 aromatic rings. The van der Waals surface area contributed by atoms with Gasteiger partial charge in [0.2, 0.25) is 0 Å². The number of aryl methyl sites for hydroxylation is 1. The van der Waals surface area contributed by atoms with Crippen LogP contribution in [0.1, 0.15) is 51.1 Å². The van der Waals surface area contributed by atoms with E-state index < -0.39 is 0 Å². The van der Waals surface area contributed by atoms with Gasteiger partial charge in [-0.3, -0.25) is 9.59 Å². The third-order valence-corrected chi connectivity index (χ3v) is 6.14. The van der Waals surface area contributed by atoms with Crippen molar-refractivity contribution in [1.29, 1.82) is 0 Å². The summed E-state index contributed by atoms with van der Waals surface area (Å²) in [4.78, 5) is 27.5. The SMILES string of the molecule is COc1ccc(CC[C@H]2CCCN(C(=O)c3ccc(C(C)=O)s3)C2)cc1. The van der Waals surface area contributed by atoms with Crippen LogP contribution in [0.3, 0.4) is 0 Å². The molecule has 0 unspecified atom stereocenters. The van der Waals surface area contributed by atoms with Gasteiger partial charge in [0.15, 0.2) is 5.78 Å². The molecule has 4 nitrogen and oxygen atoms in total. The maximum absolute atomic E-state index is 12.7. The molecule has 1 aliphatic heterocycles. The van der Waals surface area contributed by atoms with Crippen molar-refractivity contribution in [3.63, 3.8) is 0 Å². The number of thiophene rings is 1. The normalized spacial score (nSPS) is 17.2. The molecule has 0 radical (unpaired) electrons. The minimum absolute atomic E-state index is 0.0186. The number of Topliss-reactive ketones (excluding diaryl/α,β-unsaturated/α-hetero) is 1. The van der Waals surface area contributed by atoms with Crippen LogP contribution in [-0.4, -0.2) is 36.8 Å². The molecule has 0 saturated carbocycles. The summed E-state index contributed by atoms with van der Waals surface area (Å²) in [5.74, 6) is 1.49. The van der Waals surface area contributed by atoms with Crippen LogP contribution in [0.2, 0.25) is 0 Å². The van der Waals surface area contributed by atoms with Gasteiger partial charge < -0.3 is 9.64 Å². The smallest absolute Gasteiger partial charge is 0.263 e. The van der Waals surface area contributed by atoms with Gasteiger partial charge in [-0.2, -0.15) is 0 Å².